The summed E-state index contributed by atoms with van der Waals surface area (Å²) in [5.41, 5.74) is -0.612. The lowest BCUT2D eigenvalue weighted by atomic mass is 10.1. The maximum Gasteiger partial charge on any atom is 0.377 e. The Balaban J connectivity index is 3.40. The van der Waals surface area contributed by atoms with Gasteiger partial charge in [0.15, 0.2) is 11.5 Å². The molecule has 3 N–H and O–H groups in total. The lowest BCUT2D eigenvalue weighted by Crippen LogP contribution is -2.13. The largest absolute Gasteiger partial charge is 0.504 e. The maximum absolute atomic E-state index is 11.0. The molecule has 0 aromatic heterocycles. The summed E-state index contributed by atoms with van der Waals surface area (Å²) in [6, 6.07) is 2.17. The Morgan fingerprint density at radius 1 is 1.21 bits per heavy atom. The van der Waals surface area contributed by atoms with Crippen molar-refractivity contribution in [3.8, 4) is 11.5 Å². The van der Waals surface area contributed by atoms with Crippen LogP contribution in [0, 0.1) is 0 Å². The Hall–Kier alpha value is -1.75. The average Bonchev–Trinajstić information content (AvgIpc) is 2.12. The fraction of sp³-hybridized carbons (Fsp3) is 0. The number of carbonyl (C=O) groups excluding carboxylic acids is 1. The van der Waals surface area contributed by atoms with Crippen molar-refractivity contribution >= 4 is 23.4 Å². The number of hydrogen-bond acceptors (Lipinski definition) is 4. The van der Waals surface area contributed by atoms with Crippen molar-refractivity contribution in [2.45, 2.75) is 0 Å². The number of benzene rings is 1. The van der Waals surface area contributed by atoms with E-state index in [4.69, 9.17) is 21.8 Å². The van der Waals surface area contributed by atoms with Crippen LogP contribution in [0.2, 0.25) is 5.02 Å². The number of rotatable bonds is 2. The summed E-state index contributed by atoms with van der Waals surface area (Å²) < 4.78 is 0. The van der Waals surface area contributed by atoms with E-state index in [1.165, 1.54) is 0 Å². The summed E-state index contributed by atoms with van der Waals surface area (Å²) in [6.07, 6.45) is 0. The van der Waals surface area contributed by atoms with E-state index >= 15 is 0 Å². The molecule has 0 amide bonds. The summed E-state index contributed by atoms with van der Waals surface area (Å²) in [5.74, 6) is -4.56. The van der Waals surface area contributed by atoms with Crippen LogP contribution in [0.5, 0.6) is 11.5 Å². The number of ketones is 1. The van der Waals surface area contributed by atoms with Gasteiger partial charge in [0.05, 0.1) is 10.6 Å². The van der Waals surface area contributed by atoms with E-state index in [2.05, 4.69) is 0 Å². The van der Waals surface area contributed by atoms with Gasteiger partial charge in [-0.3, -0.25) is 4.79 Å². The zero-order chi connectivity index (χ0) is 10.9. The highest BCUT2D eigenvalue weighted by Crippen LogP contribution is 2.34. The van der Waals surface area contributed by atoms with Crippen molar-refractivity contribution in [1.29, 1.82) is 0 Å². The SMILES string of the molecule is O=C(O)C(=O)c1c(Cl)ccc(O)c1O. The Bertz CT molecular complexity index is 412. The molecule has 5 nitrogen and oxygen atoms in total. The number of carboxylic acid groups (broad SMARTS) is 1. The Morgan fingerprint density at radius 2 is 1.79 bits per heavy atom. The highest BCUT2D eigenvalue weighted by atomic mass is 35.5. The Kier molecular flexibility index (Phi) is 2.62. The first-order valence-electron chi connectivity index (χ1n) is 3.43. The minimum Gasteiger partial charge on any atom is -0.504 e. The molecule has 0 aliphatic rings. The maximum atomic E-state index is 11.0. The number of phenolic OH excluding ortho intramolecular Hbond substituents is 2. The summed E-state index contributed by atoms with van der Waals surface area (Å²) in [7, 11) is 0. The third kappa shape index (κ3) is 1.62. The van der Waals surface area contributed by atoms with Crippen LogP contribution >= 0.6 is 11.6 Å². The predicted octanol–water partition coefficient (Wildman–Crippen LogP) is 1.02. The molecule has 1 aromatic carbocycles. The minimum atomic E-state index is -1.76. The van der Waals surface area contributed by atoms with Crippen LogP contribution in [-0.4, -0.2) is 27.1 Å². The molecule has 0 atom stereocenters. The molecule has 0 spiro atoms. The fourth-order valence-electron chi connectivity index (χ4n) is 0.878. The van der Waals surface area contributed by atoms with Crippen molar-refractivity contribution < 1.29 is 24.9 Å². The second kappa shape index (κ2) is 3.55. The Morgan fingerprint density at radius 3 is 2.29 bits per heavy atom. The minimum absolute atomic E-state index is 0.229. The van der Waals surface area contributed by atoms with Crippen molar-refractivity contribution in [1.82, 2.24) is 0 Å². The number of aromatic hydroxyl groups is 2. The smallest absolute Gasteiger partial charge is 0.377 e. The number of carboxylic acids is 1. The molecule has 74 valence electrons. The van der Waals surface area contributed by atoms with Gasteiger partial charge >= 0.3 is 5.97 Å². The lowest BCUT2D eigenvalue weighted by Gasteiger charge is -2.04. The number of phenols is 2. The fourth-order valence-corrected chi connectivity index (χ4v) is 1.12. The highest BCUT2D eigenvalue weighted by Gasteiger charge is 2.23. The van der Waals surface area contributed by atoms with E-state index in [1.807, 2.05) is 0 Å². The van der Waals surface area contributed by atoms with Gasteiger partial charge < -0.3 is 15.3 Å². The van der Waals surface area contributed by atoms with Crippen LogP contribution in [-0.2, 0) is 4.79 Å². The summed E-state index contributed by atoms with van der Waals surface area (Å²) in [5, 5.41) is 26.3. The molecule has 14 heavy (non-hydrogen) atoms. The van der Waals surface area contributed by atoms with E-state index in [-0.39, 0.29) is 5.02 Å². The van der Waals surface area contributed by atoms with Crippen LogP contribution in [0.15, 0.2) is 12.1 Å². The zero-order valence-corrected chi connectivity index (χ0v) is 7.45. The molecule has 6 heteroatoms. The number of Topliss-reactive ketones (excluding diaryl/α,β-unsaturated/α-hetero) is 1. The van der Waals surface area contributed by atoms with E-state index in [0.717, 1.165) is 12.1 Å². The Labute approximate surface area is 83.2 Å². The number of hydrogen-bond donors (Lipinski definition) is 3. The standard InChI is InChI=1S/C8H5ClO5/c9-3-1-2-4(10)6(11)5(3)7(12)8(13)14/h1-2,10-11H,(H,13,14). The second-order valence-electron chi connectivity index (χ2n) is 2.42. The van der Waals surface area contributed by atoms with Gasteiger partial charge in [-0.05, 0) is 12.1 Å². The van der Waals surface area contributed by atoms with E-state index in [1.54, 1.807) is 0 Å². The average molecular weight is 217 g/mol. The monoisotopic (exact) mass is 216 g/mol. The van der Waals surface area contributed by atoms with Crippen LogP contribution < -0.4 is 0 Å². The van der Waals surface area contributed by atoms with Gasteiger partial charge in [0.2, 0.25) is 0 Å². The molecule has 0 aliphatic heterocycles. The first-order valence-corrected chi connectivity index (χ1v) is 3.81. The van der Waals surface area contributed by atoms with Gasteiger partial charge in [0.25, 0.3) is 5.78 Å². The molecule has 0 radical (unpaired) electrons. The molecule has 0 bridgehead atoms. The molecule has 1 rings (SSSR count). The van der Waals surface area contributed by atoms with Crippen LogP contribution in [0.3, 0.4) is 0 Å². The van der Waals surface area contributed by atoms with Gasteiger partial charge in [-0.25, -0.2) is 4.79 Å². The third-order valence-electron chi connectivity index (χ3n) is 1.53. The molecular formula is C8H5ClO5. The molecule has 0 unspecified atom stereocenters. The molecule has 1 aromatic rings. The molecular weight excluding hydrogens is 212 g/mol. The van der Waals surface area contributed by atoms with Gasteiger partial charge in [-0.1, -0.05) is 11.6 Å². The van der Waals surface area contributed by atoms with E-state index in [9.17, 15) is 14.7 Å². The van der Waals surface area contributed by atoms with E-state index in [0.29, 0.717) is 0 Å². The highest BCUT2D eigenvalue weighted by molar-refractivity contribution is 6.45. The topological polar surface area (TPSA) is 94.8 Å². The summed E-state index contributed by atoms with van der Waals surface area (Å²) in [4.78, 5) is 21.3. The summed E-state index contributed by atoms with van der Waals surface area (Å²) >= 11 is 5.49. The normalized spacial score (nSPS) is 9.79. The van der Waals surface area contributed by atoms with Gasteiger partial charge in [-0.2, -0.15) is 0 Å². The third-order valence-corrected chi connectivity index (χ3v) is 1.84. The predicted molar refractivity (Wildman–Crippen MR) is 46.7 cm³/mol. The molecule has 0 saturated carbocycles. The number of halogens is 1. The quantitative estimate of drug-likeness (QED) is 0.390. The molecule has 0 heterocycles. The van der Waals surface area contributed by atoms with Gasteiger partial charge in [0, 0.05) is 0 Å². The van der Waals surface area contributed by atoms with Crippen LogP contribution in [0.4, 0.5) is 0 Å². The molecule has 0 fully saturated rings. The molecule has 0 aliphatic carbocycles. The first-order chi connectivity index (χ1) is 6.45. The molecule has 0 saturated heterocycles. The summed E-state index contributed by atoms with van der Waals surface area (Å²) in [6.45, 7) is 0. The van der Waals surface area contributed by atoms with Crippen molar-refractivity contribution in [3.05, 3.63) is 22.7 Å². The van der Waals surface area contributed by atoms with Crippen molar-refractivity contribution in [2.75, 3.05) is 0 Å². The van der Waals surface area contributed by atoms with Crippen molar-refractivity contribution in [3.63, 3.8) is 0 Å². The number of carbonyl (C=O) groups is 2. The van der Waals surface area contributed by atoms with Crippen LogP contribution in [0.1, 0.15) is 10.4 Å². The second-order valence-corrected chi connectivity index (χ2v) is 2.83. The first kappa shape index (κ1) is 10.3. The van der Waals surface area contributed by atoms with Crippen LogP contribution in [0.25, 0.3) is 0 Å². The van der Waals surface area contributed by atoms with Crippen molar-refractivity contribution in [2.24, 2.45) is 0 Å². The number of aliphatic carboxylic acids is 1. The lowest BCUT2D eigenvalue weighted by molar-refractivity contribution is -0.131. The van der Waals surface area contributed by atoms with Gasteiger partial charge in [-0.15, -0.1) is 0 Å². The van der Waals surface area contributed by atoms with Gasteiger partial charge in [0.1, 0.15) is 0 Å². The van der Waals surface area contributed by atoms with E-state index < -0.39 is 28.8 Å². The zero-order valence-electron chi connectivity index (χ0n) is 6.69.